The van der Waals surface area contributed by atoms with Crippen LogP contribution in [0.1, 0.15) is 25.7 Å². The number of rotatable bonds is 12. The van der Waals surface area contributed by atoms with Crippen molar-refractivity contribution < 1.29 is 36.3 Å². The molecule has 0 heterocycles. The van der Waals surface area contributed by atoms with Gasteiger partial charge in [0.25, 0.3) is 0 Å². The van der Waals surface area contributed by atoms with Crippen molar-refractivity contribution in [3.63, 3.8) is 0 Å². The number of phosphoric ester groups is 2. The van der Waals surface area contributed by atoms with E-state index in [1.807, 2.05) is 24.3 Å². The molecule has 10 heteroatoms. The molecule has 1 aliphatic carbocycles. The second-order valence-corrected chi connectivity index (χ2v) is 12.1. The number of para-hydroxylation sites is 4. The zero-order chi connectivity index (χ0) is 27.7. The second kappa shape index (κ2) is 13.2. The lowest BCUT2D eigenvalue weighted by Crippen LogP contribution is -2.27. The minimum Gasteiger partial charge on any atom is -0.395 e. The molecule has 1 aliphatic rings. The molecule has 40 heavy (non-hydrogen) atoms. The number of benzene rings is 4. The molecule has 0 atom stereocenters. The lowest BCUT2D eigenvalue weighted by atomic mass is 9.95. The first-order valence-electron chi connectivity index (χ1n) is 13.0. The van der Waals surface area contributed by atoms with Crippen molar-refractivity contribution in [3.05, 3.63) is 121 Å². The number of hydrogen-bond donors (Lipinski definition) is 0. The van der Waals surface area contributed by atoms with Crippen LogP contribution in [-0.2, 0) is 18.2 Å². The zero-order valence-corrected chi connectivity index (χ0v) is 23.5. The fourth-order valence-electron chi connectivity index (χ4n) is 4.17. The molecule has 0 aliphatic heterocycles. The molecule has 0 N–H and O–H groups in total. The summed E-state index contributed by atoms with van der Waals surface area (Å²) < 4.78 is 62.4. The van der Waals surface area contributed by atoms with Crippen molar-refractivity contribution in [2.75, 3.05) is 0 Å². The molecule has 208 valence electrons. The normalized spacial score (nSPS) is 17.5. The highest BCUT2D eigenvalue weighted by Crippen LogP contribution is 2.54. The smallest absolute Gasteiger partial charge is 0.395 e. The predicted molar refractivity (Wildman–Crippen MR) is 152 cm³/mol. The van der Waals surface area contributed by atoms with Gasteiger partial charge in [-0.1, -0.05) is 72.8 Å². The summed E-state index contributed by atoms with van der Waals surface area (Å²) in [7, 11) is -8.06. The average molecular weight is 581 g/mol. The van der Waals surface area contributed by atoms with Crippen molar-refractivity contribution in [3.8, 4) is 23.0 Å². The Morgan fingerprint density at radius 3 is 0.850 bits per heavy atom. The monoisotopic (exact) mass is 580 g/mol. The highest BCUT2D eigenvalue weighted by molar-refractivity contribution is 7.49. The van der Waals surface area contributed by atoms with E-state index in [1.54, 1.807) is 97.1 Å². The second-order valence-electron chi connectivity index (χ2n) is 9.12. The van der Waals surface area contributed by atoms with Crippen LogP contribution in [0.15, 0.2) is 121 Å². The van der Waals surface area contributed by atoms with Gasteiger partial charge in [-0.25, -0.2) is 9.13 Å². The third-order valence-electron chi connectivity index (χ3n) is 6.02. The SMILES string of the molecule is O=P(Oc1ccccc1)(Oc1ccccc1)OC1CCC(OP(=O)(Oc2ccccc2)Oc2ccccc2)CC1. The Kier molecular flexibility index (Phi) is 9.25. The van der Waals surface area contributed by atoms with E-state index in [-0.39, 0.29) is 0 Å². The van der Waals surface area contributed by atoms with E-state index in [9.17, 15) is 9.13 Å². The standard InChI is InChI=1S/C30H30O8P2/c31-39(33-25-13-5-1-6-14-25,34-26-15-7-2-8-16-26)37-29-21-23-30(24-22-29)38-40(32,35-27-17-9-3-10-18-27)36-28-19-11-4-12-20-28/h1-20,29-30H,21-24H2. The molecule has 1 fully saturated rings. The van der Waals surface area contributed by atoms with Gasteiger partial charge >= 0.3 is 15.6 Å². The van der Waals surface area contributed by atoms with Gasteiger partial charge in [0, 0.05) is 0 Å². The molecule has 0 aromatic heterocycles. The van der Waals surface area contributed by atoms with Crippen LogP contribution in [0.3, 0.4) is 0 Å². The van der Waals surface area contributed by atoms with E-state index < -0.39 is 27.9 Å². The summed E-state index contributed by atoms with van der Waals surface area (Å²) >= 11 is 0. The molecule has 1 saturated carbocycles. The van der Waals surface area contributed by atoms with Gasteiger partial charge < -0.3 is 18.1 Å². The molecular formula is C30H30O8P2. The van der Waals surface area contributed by atoms with Crippen LogP contribution in [-0.4, -0.2) is 12.2 Å². The van der Waals surface area contributed by atoms with Crippen molar-refractivity contribution in [2.45, 2.75) is 37.9 Å². The maximum Gasteiger partial charge on any atom is 0.587 e. The first-order valence-corrected chi connectivity index (χ1v) is 15.9. The van der Waals surface area contributed by atoms with Crippen LogP contribution in [0.2, 0.25) is 0 Å². The van der Waals surface area contributed by atoms with E-state index in [0.717, 1.165) is 0 Å². The van der Waals surface area contributed by atoms with Crippen LogP contribution in [0.4, 0.5) is 0 Å². The van der Waals surface area contributed by atoms with Gasteiger partial charge in [0.2, 0.25) is 0 Å². The molecule has 0 bridgehead atoms. The van der Waals surface area contributed by atoms with Crippen molar-refractivity contribution in [1.82, 2.24) is 0 Å². The maximum absolute atomic E-state index is 13.8. The maximum atomic E-state index is 13.8. The Balaban J connectivity index is 1.24. The molecule has 0 unspecified atom stereocenters. The lowest BCUT2D eigenvalue weighted by Gasteiger charge is -2.31. The van der Waals surface area contributed by atoms with Crippen molar-refractivity contribution in [2.24, 2.45) is 0 Å². The minimum absolute atomic E-state index is 0.371. The molecular weight excluding hydrogens is 550 g/mol. The summed E-state index contributed by atoms with van der Waals surface area (Å²) in [5.41, 5.74) is 0. The van der Waals surface area contributed by atoms with Crippen LogP contribution < -0.4 is 18.1 Å². The van der Waals surface area contributed by atoms with Gasteiger partial charge in [0.1, 0.15) is 23.0 Å². The van der Waals surface area contributed by atoms with Gasteiger partial charge in [-0.05, 0) is 74.2 Å². The summed E-state index contributed by atoms with van der Waals surface area (Å²) in [6.45, 7) is 0. The highest BCUT2D eigenvalue weighted by atomic mass is 31.2. The van der Waals surface area contributed by atoms with Gasteiger partial charge in [0.05, 0.1) is 12.2 Å². The molecule has 0 radical (unpaired) electrons. The highest BCUT2D eigenvalue weighted by Gasteiger charge is 2.40. The molecule has 5 rings (SSSR count). The molecule has 4 aromatic rings. The predicted octanol–water partition coefficient (Wildman–Crippen LogP) is 8.86. The van der Waals surface area contributed by atoms with Gasteiger partial charge in [-0.2, -0.15) is 0 Å². The third-order valence-corrected chi connectivity index (χ3v) is 8.87. The first kappa shape index (κ1) is 28.0. The summed E-state index contributed by atoms with van der Waals surface area (Å²) in [6, 6.07) is 35.0. The topological polar surface area (TPSA) is 89.5 Å². The summed E-state index contributed by atoms with van der Waals surface area (Å²) in [6.07, 6.45) is 1.04. The fourth-order valence-corrected chi connectivity index (χ4v) is 7.09. The van der Waals surface area contributed by atoms with Crippen LogP contribution in [0.25, 0.3) is 0 Å². The molecule has 0 amide bonds. The number of phosphoric acid groups is 2. The summed E-state index contributed by atoms with van der Waals surface area (Å²) in [4.78, 5) is 0. The van der Waals surface area contributed by atoms with Gasteiger partial charge in [-0.3, -0.25) is 9.05 Å². The third kappa shape index (κ3) is 8.23. The van der Waals surface area contributed by atoms with E-state index in [4.69, 9.17) is 27.1 Å². The van der Waals surface area contributed by atoms with Crippen molar-refractivity contribution >= 4 is 15.6 Å². The van der Waals surface area contributed by atoms with Crippen LogP contribution in [0, 0.1) is 0 Å². The van der Waals surface area contributed by atoms with Crippen LogP contribution >= 0.6 is 15.6 Å². The molecule has 0 saturated heterocycles. The Morgan fingerprint density at radius 1 is 0.400 bits per heavy atom. The van der Waals surface area contributed by atoms with Crippen molar-refractivity contribution in [1.29, 1.82) is 0 Å². The fraction of sp³-hybridized carbons (Fsp3) is 0.200. The van der Waals surface area contributed by atoms with Crippen LogP contribution in [0.5, 0.6) is 23.0 Å². The van der Waals surface area contributed by atoms with Gasteiger partial charge in [-0.15, -0.1) is 0 Å². The molecule has 0 spiro atoms. The zero-order valence-electron chi connectivity index (χ0n) is 21.7. The Labute approximate surface area is 234 Å². The first-order chi connectivity index (χ1) is 19.5. The molecule has 8 nitrogen and oxygen atoms in total. The largest absolute Gasteiger partial charge is 0.587 e. The number of hydrogen-bond acceptors (Lipinski definition) is 8. The Bertz CT molecular complexity index is 1210. The minimum atomic E-state index is -4.03. The van der Waals surface area contributed by atoms with E-state index in [0.29, 0.717) is 48.7 Å². The van der Waals surface area contributed by atoms with E-state index >= 15 is 0 Å². The van der Waals surface area contributed by atoms with Gasteiger partial charge in [0.15, 0.2) is 0 Å². The molecule has 4 aromatic carbocycles. The summed E-state index contributed by atoms with van der Waals surface area (Å²) in [5.74, 6) is 1.48. The quantitative estimate of drug-likeness (QED) is 0.154. The van der Waals surface area contributed by atoms with E-state index in [2.05, 4.69) is 0 Å². The van der Waals surface area contributed by atoms with E-state index in [1.165, 1.54) is 0 Å². The Morgan fingerprint density at radius 2 is 0.625 bits per heavy atom. The summed E-state index contributed by atoms with van der Waals surface area (Å²) in [5, 5.41) is 0. The Hall–Kier alpha value is -3.54. The lowest BCUT2D eigenvalue weighted by molar-refractivity contribution is 0.0499. The average Bonchev–Trinajstić information content (AvgIpc) is 2.96.